The normalized spacial score (nSPS) is 19.4. The monoisotopic (exact) mass is 386 g/mol. The average Bonchev–Trinajstić information content (AvgIpc) is 2.62. The lowest BCUT2D eigenvalue weighted by Crippen LogP contribution is -2.43. The van der Waals surface area contributed by atoms with E-state index >= 15 is 0 Å². The molecule has 0 unspecified atom stereocenters. The molecule has 0 spiro atoms. The Morgan fingerprint density at radius 1 is 1.22 bits per heavy atom. The molecule has 1 fully saturated rings. The first-order chi connectivity index (χ1) is 12.9. The number of carboxylic acid groups (broad SMARTS) is 1. The number of amides is 2. The van der Waals surface area contributed by atoms with E-state index in [2.05, 4.69) is 15.4 Å². The Bertz CT molecular complexity index is 649. The number of aliphatic carboxylic acids is 1. The van der Waals surface area contributed by atoms with Crippen molar-refractivity contribution < 1.29 is 33.0 Å². The summed E-state index contributed by atoms with van der Waals surface area (Å²) in [6, 6.07) is 4.07. The van der Waals surface area contributed by atoms with Crippen LogP contribution < -0.4 is 20.1 Å². The van der Waals surface area contributed by atoms with Crippen molar-refractivity contribution in [3.8, 4) is 11.5 Å². The third kappa shape index (κ3) is 6.58. The fourth-order valence-electron chi connectivity index (χ4n) is 3.03. The van der Waals surface area contributed by atoms with Crippen molar-refractivity contribution in [3.05, 3.63) is 23.8 Å². The van der Waals surface area contributed by atoms with Crippen LogP contribution in [0.15, 0.2) is 18.2 Å². The molecule has 150 valence electrons. The largest absolute Gasteiger partial charge is 0.490 e. The highest BCUT2D eigenvalue weighted by Crippen LogP contribution is 2.30. The molecule has 0 aromatic heterocycles. The molecule has 2 rings (SSSR count). The Kier molecular flexibility index (Phi) is 7.63. The van der Waals surface area contributed by atoms with Gasteiger partial charge in [-0.3, -0.25) is 4.79 Å². The van der Waals surface area contributed by atoms with Gasteiger partial charge in [0.05, 0.1) is 12.5 Å². The number of benzene rings is 1. The Labute approximate surface area is 156 Å². The van der Waals surface area contributed by atoms with Gasteiger partial charge in [0, 0.05) is 12.6 Å². The molecular formula is C18H24F2N2O5. The summed E-state index contributed by atoms with van der Waals surface area (Å²) in [6.07, 6.45) is 2.34. The van der Waals surface area contributed by atoms with E-state index in [9.17, 15) is 18.4 Å². The molecule has 9 heteroatoms. The Balaban J connectivity index is 1.84. The Morgan fingerprint density at radius 3 is 2.52 bits per heavy atom. The molecule has 0 heterocycles. The van der Waals surface area contributed by atoms with Crippen LogP contribution in [0, 0.1) is 5.92 Å². The van der Waals surface area contributed by atoms with Crippen molar-refractivity contribution in [1.29, 1.82) is 0 Å². The first kappa shape index (κ1) is 20.7. The molecular weight excluding hydrogens is 362 g/mol. The number of hydrogen-bond donors (Lipinski definition) is 3. The summed E-state index contributed by atoms with van der Waals surface area (Å²) in [4.78, 5) is 23.0. The minimum Gasteiger partial charge on any atom is -0.490 e. The summed E-state index contributed by atoms with van der Waals surface area (Å²) in [5, 5.41) is 14.5. The second kappa shape index (κ2) is 9.94. The smallest absolute Gasteiger partial charge is 0.387 e. The van der Waals surface area contributed by atoms with E-state index in [0.29, 0.717) is 31.2 Å². The van der Waals surface area contributed by atoms with Crippen LogP contribution in [0.4, 0.5) is 13.6 Å². The van der Waals surface area contributed by atoms with E-state index < -0.39 is 12.6 Å². The summed E-state index contributed by atoms with van der Waals surface area (Å²) in [6.45, 7) is -0.750. The molecule has 0 saturated heterocycles. The van der Waals surface area contributed by atoms with Gasteiger partial charge in [-0.15, -0.1) is 0 Å². The van der Waals surface area contributed by atoms with Crippen LogP contribution in [-0.4, -0.2) is 36.4 Å². The SMILES string of the molecule is CCOc1cc(CNC(=O)NC2CCC(C(=O)O)CC2)ccc1OC(F)F. The van der Waals surface area contributed by atoms with Crippen molar-refractivity contribution in [3.63, 3.8) is 0 Å². The second-order valence-corrected chi connectivity index (χ2v) is 6.31. The van der Waals surface area contributed by atoms with Crippen molar-refractivity contribution >= 4 is 12.0 Å². The number of alkyl halides is 2. The lowest BCUT2D eigenvalue weighted by molar-refractivity contribution is -0.142. The summed E-state index contributed by atoms with van der Waals surface area (Å²) >= 11 is 0. The molecule has 0 aliphatic heterocycles. The number of halogens is 2. The van der Waals surface area contributed by atoms with Crippen molar-refractivity contribution in [2.45, 2.75) is 51.8 Å². The first-order valence-electron chi connectivity index (χ1n) is 8.86. The summed E-state index contributed by atoms with van der Waals surface area (Å²) in [5.41, 5.74) is 0.671. The number of ether oxygens (including phenoxy) is 2. The predicted molar refractivity (Wildman–Crippen MR) is 93.0 cm³/mol. The van der Waals surface area contributed by atoms with Crippen LogP contribution in [0.3, 0.4) is 0 Å². The van der Waals surface area contributed by atoms with Crippen LogP contribution in [0.1, 0.15) is 38.2 Å². The maximum absolute atomic E-state index is 12.4. The van der Waals surface area contributed by atoms with E-state index in [1.807, 2.05) is 0 Å². The molecule has 1 saturated carbocycles. The quantitative estimate of drug-likeness (QED) is 0.638. The molecule has 2 amide bonds. The molecule has 0 radical (unpaired) electrons. The van der Waals surface area contributed by atoms with Gasteiger partial charge in [0.1, 0.15) is 0 Å². The maximum Gasteiger partial charge on any atom is 0.387 e. The van der Waals surface area contributed by atoms with Gasteiger partial charge in [-0.1, -0.05) is 6.07 Å². The number of carbonyl (C=O) groups is 2. The van der Waals surface area contributed by atoms with Gasteiger partial charge in [-0.05, 0) is 50.3 Å². The fraction of sp³-hybridized carbons (Fsp3) is 0.556. The lowest BCUT2D eigenvalue weighted by atomic mass is 9.86. The molecule has 7 nitrogen and oxygen atoms in total. The number of nitrogens with one attached hydrogen (secondary N) is 2. The number of rotatable bonds is 8. The van der Waals surface area contributed by atoms with Gasteiger partial charge < -0.3 is 25.2 Å². The maximum atomic E-state index is 12.4. The summed E-state index contributed by atoms with van der Waals surface area (Å²) < 4.78 is 34.5. The molecule has 27 heavy (non-hydrogen) atoms. The molecule has 0 bridgehead atoms. The zero-order chi connectivity index (χ0) is 19.8. The number of carboxylic acids is 1. The van der Waals surface area contributed by atoms with Crippen molar-refractivity contribution in [2.24, 2.45) is 5.92 Å². The predicted octanol–water partition coefficient (Wildman–Crippen LogP) is 3.13. The number of urea groups is 1. The number of carbonyl (C=O) groups excluding carboxylic acids is 1. The van der Waals surface area contributed by atoms with Crippen LogP contribution >= 0.6 is 0 Å². The minimum atomic E-state index is -2.95. The van der Waals surface area contributed by atoms with Gasteiger partial charge in [0.15, 0.2) is 11.5 Å². The summed E-state index contributed by atoms with van der Waals surface area (Å²) in [7, 11) is 0. The van der Waals surface area contributed by atoms with Crippen molar-refractivity contribution in [1.82, 2.24) is 10.6 Å². The third-order valence-electron chi connectivity index (χ3n) is 4.39. The third-order valence-corrected chi connectivity index (χ3v) is 4.39. The van der Waals surface area contributed by atoms with Crippen LogP contribution in [0.5, 0.6) is 11.5 Å². The van der Waals surface area contributed by atoms with E-state index in [4.69, 9.17) is 9.84 Å². The van der Waals surface area contributed by atoms with Gasteiger partial charge in [0.2, 0.25) is 0 Å². The van der Waals surface area contributed by atoms with Crippen molar-refractivity contribution in [2.75, 3.05) is 6.61 Å². The Hall–Kier alpha value is -2.58. The van der Waals surface area contributed by atoms with E-state index in [1.165, 1.54) is 6.07 Å². The highest BCUT2D eigenvalue weighted by Gasteiger charge is 2.26. The number of hydrogen-bond acceptors (Lipinski definition) is 4. The molecule has 1 aromatic carbocycles. The van der Waals surface area contributed by atoms with E-state index in [0.717, 1.165) is 0 Å². The molecule has 1 aliphatic carbocycles. The fourth-order valence-corrected chi connectivity index (χ4v) is 3.03. The standard InChI is InChI=1S/C18H24F2N2O5/c1-2-26-15-9-11(3-8-14(15)27-17(19)20)10-21-18(25)22-13-6-4-12(5-7-13)16(23)24/h3,8-9,12-13,17H,2,4-7,10H2,1H3,(H,23,24)(H2,21,22,25). The van der Waals surface area contributed by atoms with E-state index in [-0.39, 0.29) is 42.6 Å². The van der Waals surface area contributed by atoms with Gasteiger partial charge >= 0.3 is 18.6 Å². The van der Waals surface area contributed by atoms with Crippen LogP contribution in [-0.2, 0) is 11.3 Å². The highest BCUT2D eigenvalue weighted by molar-refractivity contribution is 5.74. The van der Waals surface area contributed by atoms with Gasteiger partial charge in [0.25, 0.3) is 0 Å². The summed E-state index contributed by atoms with van der Waals surface area (Å²) in [5.74, 6) is -1.00. The zero-order valence-corrected chi connectivity index (χ0v) is 15.0. The van der Waals surface area contributed by atoms with Crippen LogP contribution in [0.2, 0.25) is 0 Å². The van der Waals surface area contributed by atoms with Gasteiger partial charge in [-0.2, -0.15) is 8.78 Å². The lowest BCUT2D eigenvalue weighted by Gasteiger charge is -2.26. The topological polar surface area (TPSA) is 96.9 Å². The average molecular weight is 386 g/mol. The molecule has 0 atom stereocenters. The van der Waals surface area contributed by atoms with E-state index in [1.54, 1.807) is 19.1 Å². The highest BCUT2D eigenvalue weighted by atomic mass is 19.3. The Morgan fingerprint density at radius 2 is 1.93 bits per heavy atom. The van der Waals surface area contributed by atoms with Crippen LogP contribution in [0.25, 0.3) is 0 Å². The molecule has 1 aromatic rings. The molecule has 1 aliphatic rings. The first-order valence-corrected chi connectivity index (χ1v) is 8.86. The minimum absolute atomic E-state index is 0.0543. The second-order valence-electron chi connectivity index (χ2n) is 6.31. The molecule has 3 N–H and O–H groups in total. The van der Waals surface area contributed by atoms with Gasteiger partial charge in [-0.25, -0.2) is 4.79 Å². The zero-order valence-electron chi connectivity index (χ0n) is 15.0.